The van der Waals surface area contributed by atoms with E-state index < -0.39 is 0 Å². The average molecular weight is 291 g/mol. The molecule has 1 unspecified atom stereocenters. The molecule has 0 amide bonds. The van der Waals surface area contributed by atoms with Gasteiger partial charge in [-0.1, -0.05) is 26.7 Å². The van der Waals surface area contributed by atoms with Crippen molar-refractivity contribution in [2.45, 2.75) is 39.5 Å². The largest absolute Gasteiger partial charge is 0.469 e. The standard InChI is InChI=1S/C17H29N3O/c1-4-14(5-2)15-9-11-20(13-15)17(18-3)19-10-8-16-7-6-12-21-16/h6-7,12,14-15H,4-5,8-11,13H2,1-3H3,(H,18,19). The van der Waals surface area contributed by atoms with Gasteiger partial charge in [0.25, 0.3) is 0 Å². The quantitative estimate of drug-likeness (QED) is 0.646. The van der Waals surface area contributed by atoms with Gasteiger partial charge < -0.3 is 14.6 Å². The van der Waals surface area contributed by atoms with Gasteiger partial charge in [-0.15, -0.1) is 0 Å². The summed E-state index contributed by atoms with van der Waals surface area (Å²) < 4.78 is 5.36. The fraction of sp³-hybridized carbons (Fsp3) is 0.706. The van der Waals surface area contributed by atoms with Gasteiger partial charge in [0.05, 0.1) is 6.26 Å². The molecule has 1 aromatic heterocycles. The Morgan fingerprint density at radius 3 is 2.90 bits per heavy atom. The van der Waals surface area contributed by atoms with Crippen LogP contribution in [0.4, 0.5) is 0 Å². The molecule has 0 spiro atoms. The van der Waals surface area contributed by atoms with Gasteiger partial charge in [-0.05, 0) is 30.4 Å². The molecule has 1 atom stereocenters. The summed E-state index contributed by atoms with van der Waals surface area (Å²) in [6.07, 6.45) is 6.50. The molecular weight excluding hydrogens is 262 g/mol. The minimum Gasteiger partial charge on any atom is -0.469 e. The van der Waals surface area contributed by atoms with Gasteiger partial charge in [0.1, 0.15) is 5.76 Å². The molecule has 1 saturated heterocycles. The number of nitrogens with one attached hydrogen (secondary N) is 1. The molecule has 2 rings (SSSR count). The Hall–Kier alpha value is -1.45. The minimum absolute atomic E-state index is 0.823. The van der Waals surface area contributed by atoms with Crippen LogP contribution in [-0.2, 0) is 6.42 Å². The van der Waals surface area contributed by atoms with Crippen LogP contribution < -0.4 is 5.32 Å². The molecular formula is C17H29N3O. The molecule has 1 aliphatic rings. The predicted octanol–water partition coefficient (Wildman–Crippen LogP) is 3.16. The van der Waals surface area contributed by atoms with E-state index in [1.807, 2.05) is 19.2 Å². The molecule has 4 heteroatoms. The molecule has 4 nitrogen and oxygen atoms in total. The SMILES string of the molecule is CCC(CC)C1CCN(C(=NC)NCCc2ccco2)C1. The minimum atomic E-state index is 0.823. The highest BCUT2D eigenvalue weighted by Crippen LogP contribution is 2.28. The van der Waals surface area contributed by atoms with Gasteiger partial charge >= 0.3 is 0 Å². The Bertz CT molecular complexity index is 423. The molecule has 0 aromatic carbocycles. The molecule has 0 bridgehead atoms. The predicted molar refractivity (Wildman–Crippen MR) is 87.5 cm³/mol. The van der Waals surface area contributed by atoms with E-state index in [2.05, 4.69) is 29.1 Å². The van der Waals surface area contributed by atoms with Crippen LogP contribution in [-0.4, -0.2) is 37.5 Å². The summed E-state index contributed by atoms with van der Waals surface area (Å²) >= 11 is 0. The normalized spacial score (nSPS) is 19.5. The third-order valence-corrected chi connectivity index (χ3v) is 4.69. The maximum atomic E-state index is 5.36. The molecule has 1 fully saturated rings. The van der Waals surface area contributed by atoms with Crippen LogP contribution in [0.25, 0.3) is 0 Å². The zero-order chi connectivity index (χ0) is 15.1. The van der Waals surface area contributed by atoms with Crippen LogP contribution in [0.1, 0.15) is 38.9 Å². The highest BCUT2D eigenvalue weighted by molar-refractivity contribution is 5.80. The first-order valence-corrected chi connectivity index (χ1v) is 8.26. The van der Waals surface area contributed by atoms with Crippen LogP contribution >= 0.6 is 0 Å². The van der Waals surface area contributed by atoms with Crippen LogP contribution in [0, 0.1) is 11.8 Å². The topological polar surface area (TPSA) is 40.8 Å². The number of guanidine groups is 1. The highest BCUT2D eigenvalue weighted by atomic mass is 16.3. The van der Waals surface area contributed by atoms with E-state index >= 15 is 0 Å². The summed E-state index contributed by atoms with van der Waals surface area (Å²) in [5.74, 6) is 3.74. The van der Waals surface area contributed by atoms with E-state index in [4.69, 9.17) is 4.42 Å². The van der Waals surface area contributed by atoms with Gasteiger partial charge in [0, 0.05) is 33.1 Å². The van der Waals surface area contributed by atoms with Crippen LogP contribution in [0.2, 0.25) is 0 Å². The summed E-state index contributed by atoms with van der Waals surface area (Å²) in [5, 5.41) is 3.46. The van der Waals surface area contributed by atoms with Crippen molar-refractivity contribution < 1.29 is 4.42 Å². The van der Waals surface area contributed by atoms with Crippen molar-refractivity contribution in [3.63, 3.8) is 0 Å². The molecule has 21 heavy (non-hydrogen) atoms. The van der Waals surface area contributed by atoms with E-state index in [0.29, 0.717) is 0 Å². The second-order valence-electron chi connectivity index (χ2n) is 5.87. The number of likely N-dealkylation sites (tertiary alicyclic amines) is 1. The molecule has 0 saturated carbocycles. The van der Waals surface area contributed by atoms with Crippen molar-refractivity contribution >= 4 is 5.96 Å². The van der Waals surface area contributed by atoms with Crippen LogP contribution in [0.5, 0.6) is 0 Å². The van der Waals surface area contributed by atoms with Crippen molar-refractivity contribution in [1.29, 1.82) is 0 Å². The summed E-state index contributed by atoms with van der Waals surface area (Å²) in [6.45, 7) is 7.77. The lowest BCUT2D eigenvalue weighted by atomic mass is 9.87. The average Bonchev–Trinajstić information content (AvgIpc) is 3.17. The van der Waals surface area contributed by atoms with Crippen molar-refractivity contribution in [2.75, 3.05) is 26.7 Å². The molecule has 1 aromatic rings. The second kappa shape index (κ2) is 8.11. The van der Waals surface area contributed by atoms with Crippen LogP contribution in [0.3, 0.4) is 0 Å². The smallest absolute Gasteiger partial charge is 0.193 e. The van der Waals surface area contributed by atoms with E-state index in [-0.39, 0.29) is 0 Å². The van der Waals surface area contributed by atoms with Crippen molar-refractivity contribution in [2.24, 2.45) is 16.8 Å². The Balaban J connectivity index is 1.79. The van der Waals surface area contributed by atoms with E-state index in [0.717, 1.165) is 49.6 Å². The van der Waals surface area contributed by atoms with Gasteiger partial charge in [0.2, 0.25) is 0 Å². The van der Waals surface area contributed by atoms with E-state index in [1.54, 1.807) is 6.26 Å². The zero-order valence-electron chi connectivity index (χ0n) is 13.6. The third-order valence-electron chi connectivity index (χ3n) is 4.69. The monoisotopic (exact) mass is 291 g/mol. The first-order valence-electron chi connectivity index (χ1n) is 8.26. The number of aliphatic imine (C=N–C) groups is 1. The zero-order valence-corrected chi connectivity index (χ0v) is 13.6. The Morgan fingerprint density at radius 2 is 2.29 bits per heavy atom. The number of hydrogen-bond donors (Lipinski definition) is 1. The Labute approximate surface area is 128 Å². The van der Waals surface area contributed by atoms with Gasteiger partial charge in [-0.3, -0.25) is 4.99 Å². The Kier molecular flexibility index (Phi) is 6.15. The lowest BCUT2D eigenvalue weighted by molar-refractivity contribution is 0.319. The number of rotatable bonds is 6. The van der Waals surface area contributed by atoms with Crippen molar-refractivity contribution in [3.05, 3.63) is 24.2 Å². The summed E-state index contributed by atoms with van der Waals surface area (Å²) in [5.41, 5.74) is 0. The van der Waals surface area contributed by atoms with Gasteiger partial charge in [-0.2, -0.15) is 0 Å². The second-order valence-corrected chi connectivity index (χ2v) is 5.87. The lowest BCUT2D eigenvalue weighted by Crippen LogP contribution is -2.41. The summed E-state index contributed by atoms with van der Waals surface area (Å²) in [4.78, 5) is 6.84. The maximum absolute atomic E-state index is 5.36. The molecule has 118 valence electrons. The van der Waals surface area contributed by atoms with E-state index in [9.17, 15) is 0 Å². The first-order chi connectivity index (χ1) is 10.3. The summed E-state index contributed by atoms with van der Waals surface area (Å²) in [6, 6.07) is 3.95. The first kappa shape index (κ1) is 15.9. The van der Waals surface area contributed by atoms with Crippen LogP contribution in [0.15, 0.2) is 27.8 Å². The molecule has 0 aliphatic carbocycles. The van der Waals surface area contributed by atoms with E-state index in [1.165, 1.54) is 19.3 Å². The maximum Gasteiger partial charge on any atom is 0.193 e. The molecule has 1 N–H and O–H groups in total. The number of furan rings is 1. The van der Waals surface area contributed by atoms with Crippen molar-refractivity contribution in [3.8, 4) is 0 Å². The fourth-order valence-corrected chi connectivity index (χ4v) is 3.40. The lowest BCUT2D eigenvalue weighted by Gasteiger charge is -2.24. The molecule has 1 aliphatic heterocycles. The van der Waals surface area contributed by atoms with Gasteiger partial charge in [-0.25, -0.2) is 0 Å². The highest BCUT2D eigenvalue weighted by Gasteiger charge is 2.29. The molecule has 2 heterocycles. The molecule has 0 radical (unpaired) electrons. The van der Waals surface area contributed by atoms with Crippen molar-refractivity contribution in [1.82, 2.24) is 10.2 Å². The number of hydrogen-bond acceptors (Lipinski definition) is 2. The third kappa shape index (κ3) is 4.26. The fourth-order valence-electron chi connectivity index (χ4n) is 3.40. The van der Waals surface area contributed by atoms with Gasteiger partial charge in [0.15, 0.2) is 5.96 Å². The Morgan fingerprint density at radius 1 is 1.48 bits per heavy atom. The summed E-state index contributed by atoms with van der Waals surface area (Å²) in [7, 11) is 1.87. The number of nitrogens with zero attached hydrogens (tertiary/aromatic N) is 2.